The minimum atomic E-state index is 0.123. The highest BCUT2D eigenvalue weighted by Crippen LogP contribution is 2.19. The van der Waals surface area contributed by atoms with Crippen LogP contribution < -0.4 is 16.0 Å². The van der Waals surface area contributed by atoms with Gasteiger partial charge in [-0.25, -0.2) is 4.98 Å². The molecule has 5 heteroatoms. The first-order chi connectivity index (χ1) is 9.24. The van der Waals surface area contributed by atoms with Crippen LogP contribution in [-0.4, -0.2) is 22.7 Å². The molecule has 1 unspecified atom stereocenters. The zero-order valence-electron chi connectivity index (χ0n) is 11.3. The van der Waals surface area contributed by atoms with Crippen molar-refractivity contribution in [2.45, 2.75) is 18.9 Å². The maximum Gasteiger partial charge on any atom is 0.122 e. The highest BCUT2D eigenvalue weighted by molar-refractivity contribution is 5.33. The van der Waals surface area contributed by atoms with Gasteiger partial charge in [-0.2, -0.15) is 0 Å². The normalized spacial score (nSPS) is 12.4. The molecule has 1 heterocycles. The molecule has 3 N–H and O–H groups in total. The van der Waals surface area contributed by atoms with E-state index in [9.17, 15) is 0 Å². The van der Waals surface area contributed by atoms with Crippen LogP contribution in [0.2, 0.25) is 0 Å². The van der Waals surface area contributed by atoms with Gasteiger partial charge in [0.25, 0.3) is 0 Å². The van der Waals surface area contributed by atoms with Crippen LogP contribution in [0.1, 0.15) is 11.4 Å². The van der Waals surface area contributed by atoms with Crippen molar-refractivity contribution < 1.29 is 4.74 Å². The highest BCUT2D eigenvalue weighted by atomic mass is 16.5. The summed E-state index contributed by atoms with van der Waals surface area (Å²) in [5, 5.41) is 0. The highest BCUT2D eigenvalue weighted by Gasteiger charge is 2.13. The summed E-state index contributed by atoms with van der Waals surface area (Å²) in [7, 11) is 3.67. The number of hydrogen-bond donors (Lipinski definition) is 2. The summed E-state index contributed by atoms with van der Waals surface area (Å²) in [5.41, 5.74) is 4.00. The molecule has 0 aliphatic carbocycles. The van der Waals surface area contributed by atoms with Crippen molar-refractivity contribution in [2.24, 2.45) is 12.9 Å². The quantitative estimate of drug-likeness (QED) is 0.602. The number of aromatic nitrogens is 2. The lowest BCUT2D eigenvalue weighted by atomic mass is 10.0. The van der Waals surface area contributed by atoms with Gasteiger partial charge in [-0.3, -0.25) is 11.3 Å². The van der Waals surface area contributed by atoms with Crippen LogP contribution in [0.15, 0.2) is 36.7 Å². The third-order valence-corrected chi connectivity index (χ3v) is 3.24. The summed E-state index contributed by atoms with van der Waals surface area (Å²) >= 11 is 0. The Balaban J connectivity index is 2.09. The molecule has 1 aromatic heterocycles. The van der Waals surface area contributed by atoms with Gasteiger partial charge in [-0.05, 0) is 18.1 Å². The molecule has 102 valence electrons. The standard InChI is InChI=1S/C14H20N4O/c1-18-8-7-16-14(18)10-12(17-15)9-11-5-3-4-6-13(11)19-2/h3-8,12,17H,9-10,15H2,1-2H3. The van der Waals surface area contributed by atoms with E-state index in [-0.39, 0.29) is 6.04 Å². The Morgan fingerprint density at radius 1 is 1.37 bits per heavy atom. The van der Waals surface area contributed by atoms with Crippen LogP contribution in [0.25, 0.3) is 0 Å². The first-order valence-corrected chi connectivity index (χ1v) is 6.28. The molecule has 0 saturated carbocycles. The molecule has 2 aromatic rings. The maximum absolute atomic E-state index is 5.65. The zero-order chi connectivity index (χ0) is 13.7. The van der Waals surface area contributed by atoms with Crippen molar-refractivity contribution in [1.82, 2.24) is 15.0 Å². The SMILES string of the molecule is COc1ccccc1CC(Cc1nccn1C)NN. The Labute approximate surface area is 113 Å². The topological polar surface area (TPSA) is 65.1 Å². The zero-order valence-corrected chi connectivity index (χ0v) is 11.3. The second-order valence-corrected chi connectivity index (χ2v) is 4.54. The van der Waals surface area contributed by atoms with E-state index >= 15 is 0 Å². The molecular weight excluding hydrogens is 240 g/mol. The third kappa shape index (κ3) is 3.33. The fraction of sp³-hybridized carbons (Fsp3) is 0.357. The fourth-order valence-corrected chi connectivity index (χ4v) is 2.14. The van der Waals surface area contributed by atoms with E-state index in [2.05, 4.69) is 16.5 Å². The molecule has 0 aliphatic rings. The number of methoxy groups -OCH3 is 1. The molecule has 19 heavy (non-hydrogen) atoms. The minimum Gasteiger partial charge on any atom is -0.496 e. The molecule has 1 atom stereocenters. The predicted octanol–water partition coefficient (Wildman–Crippen LogP) is 1.05. The van der Waals surface area contributed by atoms with Crippen LogP contribution in [-0.2, 0) is 19.9 Å². The molecule has 5 nitrogen and oxygen atoms in total. The van der Waals surface area contributed by atoms with Crippen molar-refractivity contribution in [3.05, 3.63) is 48.0 Å². The number of nitrogens with two attached hydrogens (primary N) is 1. The van der Waals surface area contributed by atoms with Gasteiger partial charge in [-0.15, -0.1) is 0 Å². The van der Waals surface area contributed by atoms with E-state index < -0.39 is 0 Å². The number of hydrogen-bond acceptors (Lipinski definition) is 4. The first kappa shape index (κ1) is 13.6. The minimum absolute atomic E-state index is 0.123. The lowest BCUT2D eigenvalue weighted by molar-refractivity contribution is 0.404. The van der Waals surface area contributed by atoms with E-state index in [1.807, 2.05) is 36.0 Å². The van der Waals surface area contributed by atoms with Crippen LogP contribution in [0, 0.1) is 0 Å². The Morgan fingerprint density at radius 2 is 2.16 bits per heavy atom. The summed E-state index contributed by atoms with van der Waals surface area (Å²) in [6, 6.07) is 8.11. The average molecular weight is 260 g/mol. The second kappa shape index (κ2) is 6.36. The van der Waals surface area contributed by atoms with Crippen molar-refractivity contribution in [1.29, 1.82) is 0 Å². The number of rotatable bonds is 6. The fourth-order valence-electron chi connectivity index (χ4n) is 2.14. The average Bonchev–Trinajstić information content (AvgIpc) is 2.84. The number of benzene rings is 1. The summed E-state index contributed by atoms with van der Waals surface area (Å²) in [6.45, 7) is 0. The van der Waals surface area contributed by atoms with Crippen molar-refractivity contribution in [3.63, 3.8) is 0 Å². The van der Waals surface area contributed by atoms with Gasteiger partial charge in [0.15, 0.2) is 0 Å². The molecule has 0 bridgehead atoms. The lowest BCUT2D eigenvalue weighted by Gasteiger charge is -2.17. The Kier molecular flexibility index (Phi) is 4.54. The number of aryl methyl sites for hydroxylation is 1. The van der Waals surface area contributed by atoms with Crippen LogP contribution in [0.3, 0.4) is 0 Å². The molecule has 1 aromatic carbocycles. The van der Waals surface area contributed by atoms with Crippen molar-refractivity contribution in [2.75, 3.05) is 7.11 Å². The van der Waals surface area contributed by atoms with Crippen molar-refractivity contribution >= 4 is 0 Å². The summed E-state index contributed by atoms with van der Waals surface area (Å²) in [4.78, 5) is 4.32. The van der Waals surface area contributed by atoms with Gasteiger partial charge < -0.3 is 9.30 Å². The van der Waals surface area contributed by atoms with Crippen LogP contribution in [0.5, 0.6) is 5.75 Å². The van der Waals surface area contributed by atoms with E-state index in [4.69, 9.17) is 10.6 Å². The number of nitrogens with zero attached hydrogens (tertiary/aromatic N) is 2. The third-order valence-electron chi connectivity index (χ3n) is 3.24. The lowest BCUT2D eigenvalue weighted by Crippen LogP contribution is -2.39. The number of ether oxygens (including phenoxy) is 1. The van der Waals surface area contributed by atoms with E-state index in [1.165, 1.54) is 0 Å². The molecule has 2 rings (SSSR count). The van der Waals surface area contributed by atoms with Gasteiger partial charge in [0.2, 0.25) is 0 Å². The van der Waals surface area contributed by atoms with Crippen LogP contribution >= 0.6 is 0 Å². The van der Waals surface area contributed by atoms with Gasteiger partial charge >= 0.3 is 0 Å². The monoisotopic (exact) mass is 260 g/mol. The smallest absolute Gasteiger partial charge is 0.122 e. The molecule has 0 fully saturated rings. The molecule has 0 saturated heterocycles. The Hall–Kier alpha value is -1.85. The predicted molar refractivity (Wildman–Crippen MR) is 74.7 cm³/mol. The number of para-hydroxylation sites is 1. The molecule has 0 amide bonds. The summed E-state index contributed by atoms with van der Waals surface area (Å²) in [5.74, 6) is 7.55. The summed E-state index contributed by atoms with van der Waals surface area (Å²) in [6.07, 6.45) is 5.31. The van der Waals surface area contributed by atoms with Gasteiger partial charge in [0.05, 0.1) is 7.11 Å². The maximum atomic E-state index is 5.65. The molecule has 0 aliphatic heterocycles. The van der Waals surface area contributed by atoms with E-state index in [0.717, 1.165) is 30.0 Å². The molecule has 0 radical (unpaired) electrons. The first-order valence-electron chi connectivity index (χ1n) is 6.28. The van der Waals surface area contributed by atoms with Crippen molar-refractivity contribution in [3.8, 4) is 5.75 Å². The Bertz CT molecular complexity index is 524. The second-order valence-electron chi connectivity index (χ2n) is 4.54. The molecular formula is C14H20N4O. The van der Waals surface area contributed by atoms with Gasteiger partial charge in [0, 0.05) is 31.9 Å². The number of imidazole rings is 1. The largest absolute Gasteiger partial charge is 0.496 e. The summed E-state index contributed by atoms with van der Waals surface area (Å²) < 4.78 is 7.37. The van der Waals surface area contributed by atoms with E-state index in [1.54, 1.807) is 13.3 Å². The molecule has 0 spiro atoms. The van der Waals surface area contributed by atoms with E-state index in [0.29, 0.717) is 0 Å². The van der Waals surface area contributed by atoms with Gasteiger partial charge in [0.1, 0.15) is 11.6 Å². The van der Waals surface area contributed by atoms with Gasteiger partial charge in [-0.1, -0.05) is 18.2 Å². The number of hydrazine groups is 1. The Morgan fingerprint density at radius 3 is 2.79 bits per heavy atom. The van der Waals surface area contributed by atoms with Crippen LogP contribution in [0.4, 0.5) is 0 Å². The number of nitrogens with one attached hydrogen (secondary N) is 1.